The molecule has 0 aromatic heterocycles. The van der Waals surface area contributed by atoms with Gasteiger partial charge in [0.2, 0.25) is 0 Å². The third kappa shape index (κ3) is 2.34. The van der Waals surface area contributed by atoms with Crippen LogP contribution in [0.4, 0.5) is 0 Å². The third-order valence-electron chi connectivity index (χ3n) is 5.70. The highest BCUT2D eigenvalue weighted by molar-refractivity contribution is 5.95. The summed E-state index contributed by atoms with van der Waals surface area (Å²) in [6.45, 7) is 14.5. The molecule has 1 saturated carbocycles. The van der Waals surface area contributed by atoms with E-state index in [1.807, 2.05) is 0 Å². The number of fused-ring (bicyclic) bond motifs is 2. The number of hydrogen-bond acceptors (Lipinski definition) is 7. The zero-order chi connectivity index (χ0) is 20.1. The summed E-state index contributed by atoms with van der Waals surface area (Å²) in [7, 11) is 0. The van der Waals surface area contributed by atoms with Crippen LogP contribution < -0.4 is 0 Å². The second-order valence-electron chi connectivity index (χ2n) is 6.90. The summed E-state index contributed by atoms with van der Waals surface area (Å²) < 4.78 is 16.3. The molecular formula is C20H20O7. The molecule has 3 aliphatic rings. The first-order valence-electron chi connectivity index (χ1n) is 8.46. The van der Waals surface area contributed by atoms with Crippen LogP contribution in [0.2, 0.25) is 0 Å². The first kappa shape index (κ1) is 18.8. The topological polar surface area (TPSA) is 96.0 Å². The smallest absolute Gasteiger partial charge is 0.334 e. The van der Waals surface area contributed by atoms with Gasteiger partial charge < -0.3 is 14.2 Å². The van der Waals surface area contributed by atoms with Crippen molar-refractivity contribution in [1.29, 1.82) is 0 Å². The van der Waals surface area contributed by atoms with Crippen molar-refractivity contribution >= 4 is 24.2 Å². The lowest BCUT2D eigenvalue weighted by Crippen LogP contribution is -2.72. The third-order valence-corrected chi connectivity index (χ3v) is 5.70. The molecule has 7 heteroatoms. The lowest BCUT2D eigenvalue weighted by Gasteiger charge is -2.57. The van der Waals surface area contributed by atoms with E-state index in [1.165, 1.54) is 6.08 Å². The van der Waals surface area contributed by atoms with Gasteiger partial charge in [0.05, 0.1) is 5.92 Å². The predicted molar refractivity (Wildman–Crippen MR) is 93.0 cm³/mol. The van der Waals surface area contributed by atoms with E-state index in [0.717, 1.165) is 0 Å². The van der Waals surface area contributed by atoms with Crippen molar-refractivity contribution < 1.29 is 33.4 Å². The van der Waals surface area contributed by atoms with Crippen LogP contribution in [-0.4, -0.2) is 42.5 Å². The lowest BCUT2D eigenvalue weighted by molar-refractivity contribution is -0.253. The van der Waals surface area contributed by atoms with Gasteiger partial charge in [-0.15, -0.1) is 6.58 Å². The standard InChI is InChI=1S/C20H20O7/c1-6-9(3)17(22)26-15-12-11(5)18(23)25-14(12)13(10(4)8-21)20(7-2)16(15)27-19(20)24/h6-8,12-16H,2,4-5H2,1,3H3. The molecule has 3 rings (SSSR count). The Labute approximate surface area is 156 Å². The van der Waals surface area contributed by atoms with Crippen LogP contribution in [0.25, 0.3) is 0 Å². The SMILES string of the molecule is C=CC12C(=O)OC1C(OC(=O)C(C)=CC)C1C(=C)C(=O)OC1C2C(=C)C=O. The van der Waals surface area contributed by atoms with Crippen LogP contribution in [0.15, 0.2) is 48.6 Å². The highest BCUT2D eigenvalue weighted by Crippen LogP contribution is 2.59. The predicted octanol–water partition coefficient (Wildman–Crippen LogP) is 1.44. The second kappa shape index (κ2) is 6.33. The Hall–Kier alpha value is -2.96. The van der Waals surface area contributed by atoms with Crippen LogP contribution in [0.1, 0.15) is 13.8 Å². The molecule has 0 aromatic rings. The second-order valence-corrected chi connectivity index (χ2v) is 6.90. The molecule has 0 bridgehead atoms. The summed E-state index contributed by atoms with van der Waals surface area (Å²) in [5.41, 5.74) is -0.848. The van der Waals surface area contributed by atoms with E-state index in [4.69, 9.17) is 14.2 Å². The number of carbonyl (C=O) groups excluding carboxylic acids is 4. The van der Waals surface area contributed by atoms with Gasteiger partial charge in [0.25, 0.3) is 0 Å². The van der Waals surface area contributed by atoms with E-state index >= 15 is 0 Å². The Morgan fingerprint density at radius 1 is 1.30 bits per heavy atom. The molecule has 2 heterocycles. The van der Waals surface area contributed by atoms with Crippen LogP contribution in [0.5, 0.6) is 0 Å². The molecular weight excluding hydrogens is 352 g/mol. The van der Waals surface area contributed by atoms with E-state index < -0.39 is 53.5 Å². The Morgan fingerprint density at radius 3 is 2.48 bits per heavy atom. The minimum absolute atomic E-state index is 0.0726. The lowest BCUT2D eigenvalue weighted by atomic mass is 9.54. The van der Waals surface area contributed by atoms with Crippen molar-refractivity contribution in [3.05, 3.63) is 48.6 Å². The maximum absolute atomic E-state index is 12.5. The van der Waals surface area contributed by atoms with Crippen molar-refractivity contribution in [2.45, 2.75) is 32.2 Å². The van der Waals surface area contributed by atoms with Gasteiger partial charge in [-0.1, -0.05) is 25.3 Å². The summed E-state index contributed by atoms with van der Waals surface area (Å²) in [5.74, 6) is -3.55. The van der Waals surface area contributed by atoms with Crippen molar-refractivity contribution in [2.75, 3.05) is 0 Å². The van der Waals surface area contributed by atoms with Gasteiger partial charge in [0, 0.05) is 17.1 Å². The number of ether oxygens (including phenoxy) is 3. The highest BCUT2D eigenvalue weighted by Gasteiger charge is 2.74. The van der Waals surface area contributed by atoms with E-state index in [9.17, 15) is 19.2 Å². The summed E-state index contributed by atoms with van der Waals surface area (Å²) in [6.07, 6.45) is 0.595. The molecule has 0 N–H and O–H groups in total. The molecule has 27 heavy (non-hydrogen) atoms. The maximum Gasteiger partial charge on any atom is 0.334 e. The number of rotatable bonds is 5. The van der Waals surface area contributed by atoms with E-state index in [2.05, 4.69) is 19.7 Å². The molecule has 3 fully saturated rings. The summed E-state index contributed by atoms with van der Waals surface area (Å²) in [5, 5.41) is 0. The summed E-state index contributed by atoms with van der Waals surface area (Å²) in [6, 6.07) is 0. The van der Waals surface area contributed by atoms with Gasteiger partial charge in [-0.2, -0.15) is 0 Å². The fourth-order valence-corrected chi connectivity index (χ4v) is 4.13. The normalized spacial score (nSPS) is 37.2. The summed E-state index contributed by atoms with van der Waals surface area (Å²) in [4.78, 5) is 48.4. The molecule has 6 unspecified atom stereocenters. The zero-order valence-corrected chi connectivity index (χ0v) is 15.1. The number of hydrogen-bond donors (Lipinski definition) is 0. The van der Waals surface area contributed by atoms with Crippen molar-refractivity contribution in [3.8, 4) is 0 Å². The monoisotopic (exact) mass is 372 g/mol. The van der Waals surface area contributed by atoms with Gasteiger partial charge in [0.15, 0.2) is 12.2 Å². The van der Waals surface area contributed by atoms with Crippen molar-refractivity contribution in [1.82, 2.24) is 0 Å². The van der Waals surface area contributed by atoms with Gasteiger partial charge in [0.1, 0.15) is 17.8 Å². The Balaban J connectivity index is 2.12. The van der Waals surface area contributed by atoms with Crippen molar-refractivity contribution in [3.63, 3.8) is 0 Å². The minimum Gasteiger partial charge on any atom is -0.457 e. The highest BCUT2D eigenvalue weighted by atomic mass is 16.6. The molecule has 1 aliphatic carbocycles. The molecule has 2 aliphatic heterocycles. The number of aldehydes is 1. The molecule has 0 spiro atoms. The molecule has 2 saturated heterocycles. The zero-order valence-electron chi connectivity index (χ0n) is 15.1. The van der Waals surface area contributed by atoms with E-state index in [-0.39, 0.29) is 11.1 Å². The number of carbonyl (C=O) groups is 4. The molecule has 0 aromatic carbocycles. The average molecular weight is 372 g/mol. The molecule has 7 nitrogen and oxygen atoms in total. The fraction of sp³-hybridized carbons (Fsp3) is 0.400. The van der Waals surface area contributed by atoms with Crippen molar-refractivity contribution in [2.24, 2.45) is 17.3 Å². The van der Waals surface area contributed by atoms with Crippen LogP contribution in [0, 0.1) is 17.3 Å². The quantitative estimate of drug-likeness (QED) is 0.237. The van der Waals surface area contributed by atoms with Gasteiger partial charge in [-0.3, -0.25) is 9.59 Å². The van der Waals surface area contributed by atoms with Gasteiger partial charge in [-0.25, -0.2) is 9.59 Å². The number of esters is 3. The maximum atomic E-state index is 12.5. The van der Waals surface area contributed by atoms with E-state index in [0.29, 0.717) is 11.9 Å². The molecule has 6 atom stereocenters. The fourth-order valence-electron chi connectivity index (χ4n) is 4.13. The number of allylic oxidation sites excluding steroid dienone is 1. The largest absolute Gasteiger partial charge is 0.457 e. The first-order chi connectivity index (χ1) is 12.7. The van der Waals surface area contributed by atoms with Gasteiger partial charge in [-0.05, 0) is 19.4 Å². The Morgan fingerprint density at radius 2 is 1.96 bits per heavy atom. The average Bonchev–Trinajstić information content (AvgIpc) is 2.94. The van der Waals surface area contributed by atoms with Crippen LogP contribution in [0.3, 0.4) is 0 Å². The Bertz CT molecular complexity index is 820. The van der Waals surface area contributed by atoms with Crippen LogP contribution >= 0.6 is 0 Å². The molecule has 0 radical (unpaired) electrons. The first-order valence-corrected chi connectivity index (χ1v) is 8.46. The molecule has 142 valence electrons. The van der Waals surface area contributed by atoms with E-state index in [1.54, 1.807) is 19.9 Å². The minimum atomic E-state index is -1.38. The Kier molecular flexibility index (Phi) is 4.41. The summed E-state index contributed by atoms with van der Waals surface area (Å²) >= 11 is 0. The molecule has 0 amide bonds. The van der Waals surface area contributed by atoms with Crippen LogP contribution in [-0.2, 0) is 33.4 Å². The van der Waals surface area contributed by atoms with Gasteiger partial charge >= 0.3 is 17.9 Å².